The predicted molar refractivity (Wildman–Crippen MR) is 567 cm³/mol. The van der Waals surface area contributed by atoms with Crippen LogP contribution in [0.3, 0.4) is 0 Å². The molecule has 2 heterocycles. The van der Waals surface area contributed by atoms with Crippen LogP contribution in [-0.4, -0.2) is 361 Å². The van der Waals surface area contributed by atoms with E-state index >= 15 is 0 Å². The van der Waals surface area contributed by atoms with Gasteiger partial charge in [0.1, 0.15) is 93.5 Å². The van der Waals surface area contributed by atoms with Crippen LogP contribution in [0.2, 0.25) is 0 Å². The molecule has 0 spiro atoms. The first kappa shape index (κ1) is 158. The van der Waals surface area contributed by atoms with Gasteiger partial charge in [0.15, 0.2) is 0 Å². The van der Waals surface area contributed by atoms with E-state index in [4.69, 9.17) is 131 Å². The second-order valence-electron chi connectivity index (χ2n) is 45.3. The number of aliphatic carboxylic acids is 1. The zero-order valence-corrected chi connectivity index (χ0v) is 99.5. The fraction of sp³-hybridized carbons (Fsp3) is 0.840. The summed E-state index contributed by atoms with van der Waals surface area (Å²) in [6, 6.07) is 2.35. The maximum absolute atomic E-state index is 11.6. The summed E-state index contributed by atoms with van der Waals surface area (Å²) in [5, 5.41) is 11.5. The van der Waals surface area contributed by atoms with E-state index in [1.54, 1.807) is 93.0 Å². The molecule has 1 fully saturated rings. The molecule has 0 aromatic carbocycles. The number of likely N-dealkylation sites (N-methyl/N-ethyl adjacent to an activating group) is 1. The molecule has 0 aliphatic carbocycles. The van der Waals surface area contributed by atoms with Crippen molar-refractivity contribution in [2.24, 2.45) is 34.5 Å². The van der Waals surface area contributed by atoms with Gasteiger partial charge in [-0.3, -0.25) is 48.2 Å². The smallest absolute Gasteiger partial charge is 0.340 e. The Bertz CT molecular complexity index is 3570. The molecule has 1 aliphatic heterocycles. The number of nitrogens with zero attached hydrogens (tertiary/aromatic N) is 2. The minimum absolute atomic E-state index is 0.0333. The quantitative estimate of drug-likeness (QED) is 0.0230. The number of carboxylic acids is 1. The molecule has 42 heteroatoms. The Morgan fingerprint density at radius 3 is 0.872 bits per heavy atom. The van der Waals surface area contributed by atoms with E-state index in [2.05, 4.69) is 10.3 Å². The number of hydrogen-bond acceptors (Lipinski definition) is 41. The Balaban J connectivity index is -0.000000207. The highest BCUT2D eigenvalue weighted by atomic mass is 16.6. The molecule has 876 valence electrons. The summed E-state index contributed by atoms with van der Waals surface area (Å²) >= 11 is 0. The van der Waals surface area contributed by atoms with E-state index in [1.807, 2.05) is 236 Å². The Morgan fingerprint density at radius 2 is 0.642 bits per heavy atom. The number of esters is 11. The van der Waals surface area contributed by atoms with Crippen LogP contribution in [-0.2, 0) is 162 Å². The van der Waals surface area contributed by atoms with E-state index in [0.29, 0.717) is 131 Å². The summed E-state index contributed by atoms with van der Waals surface area (Å²) in [5.41, 5.74) is 11.2. The van der Waals surface area contributed by atoms with Crippen molar-refractivity contribution in [3.63, 3.8) is 0 Å². The number of nitrogens with one attached hydrogen (secondary N) is 1. The first-order valence-corrected chi connectivity index (χ1v) is 49.9. The van der Waals surface area contributed by atoms with Crippen molar-refractivity contribution >= 4 is 71.6 Å². The second kappa shape index (κ2) is 85.6. The minimum atomic E-state index is -0.985. The van der Waals surface area contributed by atoms with Gasteiger partial charge in [0.05, 0.1) is 162 Å². The van der Waals surface area contributed by atoms with Crippen molar-refractivity contribution in [1.82, 2.24) is 15.2 Å². The molecule has 1 saturated heterocycles. The lowest BCUT2D eigenvalue weighted by atomic mass is 9.97. The third kappa shape index (κ3) is 140. The van der Waals surface area contributed by atoms with Gasteiger partial charge >= 0.3 is 71.6 Å². The Kier molecular flexibility index (Phi) is 91.2. The SMILES string of the molecule is CC(C)(C)OC(=O)C(C)(C)C.CC(C)(C)OC(=O)C1CCNCC1.CC(C)(C)OC(=O)CCC(=O)O.CC(C)(C)OC(=O)CN.CC(C)(C)OC(=O)c1cccnc1.CC(C)[C@H](N)C(=O)OC(C)(C)C.CN(C)CC(=O)OC(C)(C)C.COCCOCCOCC(=O)OC(C)(C)C.COCCOCCOCCOCC(=O)OC(C)(C)C.COCCOCCOCCOCCOCC(=O)OC(C)(C)C.C[C@H](N)C(=O)OC(C)(C)C. The average molecular weight is 2140 g/mol. The number of pyridine rings is 1. The lowest BCUT2D eigenvalue weighted by Crippen LogP contribution is -2.40. The van der Waals surface area contributed by atoms with E-state index < -0.39 is 74.2 Å². The third-order valence-corrected chi connectivity index (χ3v) is 14.4. The standard InChI is InChI=1S/C15H30O7.C13H26O6.C11H22O5.C10H19NO2.C10H13NO2.C9H19NO2.C9H18O2.C8H17NO2.C8H14O4.C7H15NO2.C6H13NO2/c1-15(2,3)22-14(16)13-21-12-11-20-10-9-19-8-7-18-6-5-17-4;1-13(2,3)19-12(14)11-18-10-9-17-8-7-16-6-5-15-4;1-11(2,3)16-10(12)9-15-8-7-14-6-5-13-4;1-10(2,3)13-9(12)8-4-6-11-7-5-8;1-10(2,3)13-9(12)8-5-4-6-11-7-8;1-6(2)7(10)8(11)12-9(3,4)5;1-8(2,3)7(10)11-9(4,5)6;1-8(2,3)11-7(10)6-9(4)5;1-8(2,3)12-7(11)5-4-6(9)10;1-5(8)6(9)10-7(2,3)4;1-6(2,3)9-5(8)4-7/h5-13H2,1-4H3;5-11H2,1-4H3;5-9H2,1-4H3;8,11H,4-7H2,1-3H3;4-7H,1-3H3;6-7H,10H2,1-5H3;1-6H3;6H2,1-5H3;4-5H2,1-3H3,(H,9,10);5H,8H2,1-4H3;4,7H2,1-3H3/t;;;;;7-;;;;5-;/m.....0...0./s1. The number of rotatable bonds is 44. The molecule has 0 bridgehead atoms. The maximum atomic E-state index is 11.6. The van der Waals surface area contributed by atoms with E-state index in [9.17, 15) is 57.5 Å². The number of methoxy groups -OCH3 is 3. The number of piperidine rings is 1. The molecule has 8 N–H and O–H groups in total. The number of aromatic nitrogens is 1. The van der Waals surface area contributed by atoms with Gasteiger partial charge in [-0.15, -0.1) is 0 Å². The number of carbonyl (C=O) groups is 12. The highest BCUT2D eigenvalue weighted by molar-refractivity contribution is 5.89. The monoisotopic (exact) mass is 2140 g/mol. The number of nitrogens with two attached hydrogens (primary N) is 3. The lowest BCUT2D eigenvalue weighted by molar-refractivity contribution is -0.165. The van der Waals surface area contributed by atoms with Crippen LogP contribution >= 0.6 is 0 Å². The average Bonchev–Trinajstić information content (AvgIpc) is 0.892. The summed E-state index contributed by atoms with van der Waals surface area (Å²) in [6.07, 6.45) is 4.70. The summed E-state index contributed by atoms with van der Waals surface area (Å²) in [7, 11) is 8.55. The number of carbonyl (C=O) groups excluding carboxylic acids is 11. The highest BCUT2D eigenvalue weighted by Gasteiger charge is 2.31. The van der Waals surface area contributed by atoms with Crippen LogP contribution in [0.4, 0.5) is 0 Å². The summed E-state index contributed by atoms with van der Waals surface area (Å²) in [5.74, 6) is -4.04. The highest BCUT2D eigenvalue weighted by Crippen LogP contribution is 2.22. The van der Waals surface area contributed by atoms with Gasteiger partial charge in [-0.1, -0.05) is 13.8 Å². The van der Waals surface area contributed by atoms with Crippen LogP contribution in [0.1, 0.15) is 306 Å². The molecular formula is C106H206N6O36. The van der Waals surface area contributed by atoms with E-state index in [0.717, 1.165) is 25.9 Å². The van der Waals surface area contributed by atoms with Crippen LogP contribution in [0.5, 0.6) is 0 Å². The second-order valence-corrected chi connectivity index (χ2v) is 45.3. The van der Waals surface area contributed by atoms with Crippen molar-refractivity contribution in [3.05, 3.63) is 30.1 Å². The normalized spacial score (nSPS) is 12.7. The fourth-order valence-corrected chi connectivity index (χ4v) is 8.67. The molecule has 148 heavy (non-hydrogen) atoms. The van der Waals surface area contributed by atoms with Gasteiger partial charge in [-0.2, -0.15) is 0 Å². The largest absolute Gasteiger partial charge is 0.481 e. The summed E-state index contributed by atoms with van der Waals surface area (Å²) < 4.78 is 117. The molecule has 1 aromatic rings. The molecule has 2 atom stereocenters. The van der Waals surface area contributed by atoms with Crippen molar-refractivity contribution in [2.75, 3.05) is 200 Å². The number of hydrogen-bond donors (Lipinski definition) is 5. The van der Waals surface area contributed by atoms with Gasteiger partial charge < -0.3 is 137 Å². The zero-order valence-electron chi connectivity index (χ0n) is 99.5. The van der Waals surface area contributed by atoms with Crippen molar-refractivity contribution in [1.29, 1.82) is 0 Å². The molecule has 0 radical (unpaired) electrons. The Morgan fingerprint density at radius 1 is 0.365 bits per heavy atom. The van der Waals surface area contributed by atoms with Crippen molar-refractivity contribution < 1.29 is 172 Å². The molecule has 0 amide bonds. The zero-order chi connectivity index (χ0) is 117. The maximum Gasteiger partial charge on any atom is 0.340 e. The molecule has 2 rings (SSSR count). The molecule has 1 aliphatic rings. The first-order chi connectivity index (χ1) is 67.1. The van der Waals surface area contributed by atoms with Gasteiger partial charge in [-0.05, 0) is 314 Å². The summed E-state index contributed by atoms with van der Waals surface area (Å²) in [6.45, 7) is 82.2. The minimum Gasteiger partial charge on any atom is -0.481 e. The van der Waals surface area contributed by atoms with Crippen molar-refractivity contribution in [2.45, 2.75) is 369 Å². The number of carboxylic acid groups (broad SMARTS) is 1. The third-order valence-electron chi connectivity index (χ3n) is 14.4. The molecule has 1 aromatic heterocycles. The van der Waals surface area contributed by atoms with Crippen LogP contribution < -0.4 is 22.5 Å². The fourth-order valence-electron chi connectivity index (χ4n) is 8.67. The molecular weight excluding hydrogens is 1930 g/mol. The van der Waals surface area contributed by atoms with Crippen LogP contribution in [0.25, 0.3) is 0 Å². The predicted octanol–water partition coefficient (Wildman–Crippen LogP) is 13.2. The molecule has 0 unspecified atom stereocenters. The summed E-state index contributed by atoms with van der Waals surface area (Å²) in [4.78, 5) is 138. The van der Waals surface area contributed by atoms with Gasteiger partial charge in [0.25, 0.3) is 0 Å². The van der Waals surface area contributed by atoms with Gasteiger partial charge in [0, 0.05) is 33.7 Å². The number of ether oxygens (including phenoxy) is 23. The van der Waals surface area contributed by atoms with Crippen LogP contribution in [0, 0.1) is 17.3 Å². The topological polar surface area (TPSA) is 544 Å². The molecule has 42 nitrogen and oxygen atoms in total. The van der Waals surface area contributed by atoms with E-state index in [1.165, 1.54) is 6.20 Å². The Labute approximate surface area is 888 Å². The Hall–Kier alpha value is -7.89. The van der Waals surface area contributed by atoms with Crippen LogP contribution in [0.15, 0.2) is 24.5 Å². The van der Waals surface area contributed by atoms with Crippen molar-refractivity contribution in [3.8, 4) is 0 Å². The lowest BCUT2D eigenvalue weighted by Gasteiger charge is -2.26. The molecule has 0 saturated carbocycles. The van der Waals surface area contributed by atoms with Gasteiger partial charge in [-0.25, -0.2) is 19.2 Å². The van der Waals surface area contributed by atoms with Gasteiger partial charge in [0.2, 0.25) is 0 Å². The van der Waals surface area contributed by atoms with E-state index in [-0.39, 0.29) is 128 Å². The first-order valence-electron chi connectivity index (χ1n) is 49.9.